The highest BCUT2D eigenvalue weighted by Crippen LogP contribution is 2.37. The van der Waals surface area contributed by atoms with Crippen molar-refractivity contribution in [1.29, 1.82) is 0 Å². The Balaban J connectivity index is 1.75. The van der Waals surface area contributed by atoms with Crippen molar-refractivity contribution < 1.29 is 13.9 Å². The zero-order chi connectivity index (χ0) is 19.7. The lowest BCUT2D eigenvalue weighted by atomic mass is 9.98. The van der Waals surface area contributed by atoms with Crippen molar-refractivity contribution in [2.45, 2.75) is 39.7 Å². The van der Waals surface area contributed by atoms with Crippen molar-refractivity contribution in [2.24, 2.45) is 0 Å². The molecule has 1 aliphatic heterocycles. The number of hydrogen-bond donors (Lipinski definition) is 0. The summed E-state index contributed by atoms with van der Waals surface area (Å²) in [4.78, 5) is 14.2. The van der Waals surface area contributed by atoms with Gasteiger partial charge in [-0.15, -0.1) is 0 Å². The summed E-state index contributed by atoms with van der Waals surface area (Å²) in [6.45, 7) is 5.31. The van der Waals surface area contributed by atoms with Gasteiger partial charge < -0.3 is 18.8 Å². The van der Waals surface area contributed by atoms with Gasteiger partial charge in [0.25, 0.3) is 0 Å². The molecule has 5 heteroatoms. The minimum Gasteiger partial charge on any atom is -0.497 e. The van der Waals surface area contributed by atoms with E-state index in [-0.39, 0.29) is 5.63 Å². The number of methoxy groups -OCH3 is 1. The maximum Gasteiger partial charge on any atom is 0.336 e. The van der Waals surface area contributed by atoms with Crippen LogP contribution in [0, 0.1) is 6.92 Å². The second-order valence-corrected chi connectivity index (χ2v) is 7.23. The number of nitrogens with zero attached hydrogens (tertiary/aromatic N) is 1. The highest BCUT2D eigenvalue weighted by molar-refractivity contribution is 5.86. The van der Waals surface area contributed by atoms with Crippen LogP contribution in [0.3, 0.4) is 0 Å². The van der Waals surface area contributed by atoms with E-state index in [1.165, 1.54) is 0 Å². The molecule has 0 N–H and O–H groups in total. The van der Waals surface area contributed by atoms with Gasteiger partial charge in [0, 0.05) is 34.8 Å². The Morgan fingerprint density at radius 1 is 1.18 bits per heavy atom. The van der Waals surface area contributed by atoms with Crippen LogP contribution < -0.4 is 20.0 Å². The lowest BCUT2D eigenvalue weighted by Crippen LogP contribution is -2.32. The standard InChI is InChI=1S/C23H25NO4/c1-4-5-6-16-12-21(25)28-23-15(2)22-17(11-20(16)23)13-24(14-27-22)18-7-9-19(26-3)10-8-18/h7-12H,4-6,13-14H2,1-3H3. The van der Waals surface area contributed by atoms with Crippen LogP contribution in [0.5, 0.6) is 11.5 Å². The molecule has 146 valence electrons. The summed E-state index contributed by atoms with van der Waals surface area (Å²) in [6.07, 6.45) is 3.00. The van der Waals surface area contributed by atoms with Crippen LogP contribution in [-0.4, -0.2) is 13.8 Å². The van der Waals surface area contributed by atoms with Gasteiger partial charge >= 0.3 is 5.63 Å². The Kier molecular flexibility index (Phi) is 4.99. The van der Waals surface area contributed by atoms with Gasteiger partial charge in [0.1, 0.15) is 17.1 Å². The predicted octanol–water partition coefficient (Wildman–Crippen LogP) is 4.81. The van der Waals surface area contributed by atoms with Crippen molar-refractivity contribution in [3.05, 3.63) is 63.5 Å². The molecule has 28 heavy (non-hydrogen) atoms. The second kappa shape index (κ2) is 7.58. The van der Waals surface area contributed by atoms with Crippen molar-refractivity contribution in [2.75, 3.05) is 18.7 Å². The molecule has 0 spiro atoms. The van der Waals surface area contributed by atoms with E-state index in [1.807, 2.05) is 31.2 Å². The van der Waals surface area contributed by atoms with Gasteiger partial charge in [-0.05, 0) is 55.7 Å². The molecule has 0 radical (unpaired) electrons. The molecule has 0 amide bonds. The Labute approximate surface area is 164 Å². The number of unbranched alkanes of at least 4 members (excludes halogenated alkanes) is 1. The first-order chi connectivity index (χ1) is 13.6. The first-order valence-corrected chi connectivity index (χ1v) is 9.71. The van der Waals surface area contributed by atoms with Crippen LogP contribution in [0.25, 0.3) is 11.0 Å². The highest BCUT2D eigenvalue weighted by Gasteiger charge is 2.23. The summed E-state index contributed by atoms with van der Waals surface area (Å²) in [5.74, 6) is 1.66. The number of hydrogen-bond acceptors (Lipinski definition) is 5. The molecular formula is C23H25NO4. The summed E-state index contributed by atoms with van der Waals surface area (Å²) < 4.78 is 16.9. The molecule has 5 nitrogen and oxygen atoms in total. The Bertz CT molecular complexity index is 1050. The number of anilines is 1. The van der Waals surface area contributed by atoms with Gasteiger partial charge in [-0.25, -0.2) is 4.79 Å². The summed E-state index contributed by atoms with van der Waals surface area (Å²) in [6, 6.07) is 11.7. The van der Waals surface area contributed by atoms with Crippen molar-refractivity contribution in [1.82, 2.24) is 0 Å². The van der Waals surface area contributed by atoms with Crippen LogP contribution in [0.1, 0.15) is 36.5 Å². The van der Waals surface area contributed by atoms with E-state index >= 15 is 0 Å². The third kappa shape index (κ3) is 3.33. The van der Waals surface area contributed by atoms with E-state index in [1.54, 1.807) is 13.2 Å². The predicted molar refractivity (Wildman–Crippen MR) is 111 cm³/mol. The first kappa shape index (κ1) is 18.4. The highest BCUT2D eigenvalue weighted by atomic mass is 16.5. The van der Waals surface area contributed by atoms with Crippen LogP contribution in [0.4, 0.5) is 5.69 Å². The third-order valence-corrected chi connectivity index (χ3v) is 5.34. The van der Waals surface area contributed by atoms with E-state index < -0.39 is 0 Å². The SMILES string of the molecule is CCCCc1cc(=O)oc2c(C)c3c(cc12)CN(c1ccc(OC)cc1)CO3. The number of benzene rings is 2. The van der Waals surface area contributed by atoms with E-state index in [4.69, 9.17) is 13.9 Å². The lowest BCUT2D eigenvalue weighted by molar-refractivity contribution is 0.287. The summed E-state index contributed by atoms with van der Waals surface area (Å²) in [7, 11) is 1.66. The van der Waals surface area contributed by atoms with Gasteiger partial charge in [-0.1, -0.05) is 13.3 Å². The smallest absolute Gasteiger partial charge is 0.336 e. The second-order valence-electron chi connectivity index (χ2n) is 7.23. The molecule has 0 aliphatic carbocycles. The maximum absolute atomic E-state index is 12.1. The average molecular weight is 379 g/mol. The lowest BCUT2D eigenvalue weighted by Gasteiger charge is -2.32. The zero-order valence-corrected chi connectivity index (χ0v) is 16.6. The number of rotatable bonds is 5. The molecule has 0 fully saturated rings. The van der Waals surface area contributed by atoms with Crippen LogP contribution in [-0.2, 0) is 13.0 Å². The normalized spacial score (nSPS) is 13.3. The van der Waals surface area contributed by atoms with E-state index in [0.29, 0.717) is 12.3 Å². The molecule has 0 unspecified atom stereocenters. The third-order valence-electron chi connectivity index (χ3n) is 5.34. The van der Waals surface area contributed by atoms with Gasteiger partial charge in [-0.2, -0.15) is 0 Å². The quantitative estimate of drug-likeness (QED) is 0.596. The Morgan fingerprint density at radius 2 is 1.96 bits per heavy atom. The molecule has 1 aliphatic rings. The summed E-state index contributed by atoms with van der Waals surface area (Å²) >= 11 is 0. The minimum absolute atomic E-state index is 0.294. The molecule has 4 rings (SSSR count). The van der Waals surface area contributed by atoms with Crippen LogP contribution in [0.15, 0.2) is 45.6 Å². The number of ether oxygens (including phenoxy) is 2. The van der Waals surface area contributed by atoms with Crippen LogP contribution >= 0.6 is 0 Å². The first-order valence-electron chi connectivity index (χ1n) is 9.71. The monoisotopic (exact) mass is 379 g/mol. The van der Waals surface area contributed by atoms with Crippen molar-refractivity contribution in [3.8, 4) is 11.5 Å². The molecule has 2 heterocycles. The maximum atomic E-state index is 12.1. The summed E-state index contributed by atoms with van der Waals surface area (Å²) in [5.41, 5.74) is 4.50. The van der Waals surface area contributed by atoms with Gasteiger partial charge in [0.05, 0.1) is 7.11 Å². The van der Waals surface area contributed by atoms with Gasteiger partial charge in [0.2, 0.25) is 0 Å². The molecular weight excluding hydrogens is 354 g/mol. The fraction of sp³-hybridized carbons (Fsp3) is 0.348. The Morgan fingerprint density at radius 3 is 2.68 bits per heavy atom. The number of aryl methyl sites for hydroxylation is 2. The van der Waals surface area contributed by atoms with E-state index in [2.05, 4.69) is 17.9 Å². The minimum atomic E-state index is -0.294. The molecule has 0 atom stereocenters. The fourth-order valence-electron chi connectivity index (χ4n) is 3.82. The Hall–Kier alpha value is -2.95. The molecule has 2 aromatic carbocycles. The molecule has 0 bridgehead atoms. The average Bonchev–Trinajstić information content (AvgIpc) is 2.72. The van der Waals surface area contributed by atoms with E-state index in [9.17, 15) is 4.79 Å². The molecule has 1 aromatic heterocycles. The fourth-order valence-corrected chi connectivity index (χ4v) is 3.82. The van der Waals surface area contributed by atoms with Crippen molar-refractivity contribution in [3.63, 3.8) is 0 Å². The molecule has 0 saturated carbocycles. The summed E-state index contributed by atoms with van der Waals surface area (Å²) in [5, 5.41) is 1.02. The molecule has 3 aromatic rings. The van der Waals surface area contributed by atoms with Crippen LogP contribution in [0.2, 0.25) is 0 Å². The number of fused-ring (bicyclic) bond motifs is 2. The molecule has 0 saturated heterocycles. The topological polar surface area (TPSA) is 51.9 Å². The van der Waals surface area contributed by atoms with Gasteiger partial charge in [-0.3, -0.25) is 0 Å². The largest absolute Gasteiger partial charge is 0.497 e. The zero-order valence-electron chi connectivity index (χ0n) is 16.6. The van der Waals surface area contributed by atoms with Crippen molar-refractivity contribution >= 4 is 16.7 Å². The van der Waals surface area contributed by atoms with Gasteiger partial charge in [0.15, 0.2) is 6.73 Å². The van der Waals surface area contributed by atoms with E-state index in [0.717, 1.165) is 65.1 Å².